The molecule has 1 aliphatic carbocycles. The summed E-state index contributed by atoms with van der Waals surface area (Å²) in [5.74, 6) is 0.484. The van der Waals surface area contributed by atoms with Gasteiger partial charge >= 0.3 is 0 Å². The summed E-state index contributed by atoms with van der Waals surface area (Å²) in [5, 5.41) is 14.9. The highest BCUT2D eigenvalue weighted by atomic mass is 16.7. The summed E-state index contributed by atoms with van der Waals surface area (Å²) < 4.78 is 11.9. The first-order chi connectivity index (χ1) is 15.7. The molecule has 0 saturated heterocycles. The van der Waals surface area contributed by atoms with E-state index in [1.807, 2.05) is 18.2 Å². The van der Waals surface area contributed by atoms with Gasteiger partial charge in [-0.15, -0.1) is 0 Å². The lowest BCUT2D eigenvalue weighted by Gasteiger charge is -2.13. The molecule has 0 saturated carbocycles. The van der Waals surface area contributed by atoms with Crippen LogP contribution in [0.4, 0.5) is 0 Å². The van der Waals surface area contributed by atoms with Crippen molar-refractivity contribution in [1.82, 2.24) is 9.78 Å². The van der Waals surface area contributed by atoms with Crippen LogP contribution in [0.1, 0.15) is 26.3 Å². The fraction of sp³-hybridized carbons (Fsp3) is 0.0400. The topological polar surface area (TPSA) is 94.2 Å². The van der Waals surface area contributed by atoms with Gasteiger partial charge in [-0.1, -0.05) is 42.5 Å². The molecule has 2 aliphatic rings. The van der Waals surface area contributed by atoms with Gasteiger partial charge in [-0.2, -0.15) is 15.0 Å². The summed E-state index contributed by atoms with van der Waals surface area (Å²) in [4.78, 5) is 26.3. The van der Waals surface area contributed by atoms with E-state index in [-0.39, 0.29) is 18.1 Å². The number of aromatic nitrogens is 2. The number of ketones is 1. The standard InChI is InChI=1S/C25H13N3O4/c26-12-15(10-14-8-9-20-21(11-14)32-13-31-20)25(30)28-19-7-3-6-18-22(19)23(27-28)16-4-1-2-5-17(16)24(18)29/h1-11H,13H2/b15-10-. The monoisotopic (exact) mass is 419 g/mol. The fourth-order valence-corrected chi connectivity index (χ4v) is 4.16. The number of carbonyl (C=O) groups excluding carboxylic acids is 2. The molecule has 7 heteroatoms. The van der Waals surface area contributed by atoms with E-state index >= 15 is 0 Å². The van der Waals surface area contributed by atoms with Crippen LogP contribution >= 0.6 is 0 Å². The van der Waals surface area contributed by atoms with E-state index in [9.17, 15) is 14.9 Å². The van der Waals surface area contributed by atoms with E-state index in [2.05, 4.69) is 5.10 Å². The molecule has 2 heterocycles. The third kappa shape index (κ3) is 2.50. The van der Waals surface area contributed by atoms with Crippen LogP contribution in [0.15, 0.2) is 66.2 Å². The van der Waals surface area contributed by atoms with Crippen molar-refractivity contribution in [3.05, 3.63) is 82.9 Å². The first-order valence-corrected chi connectivity index (χ1v) is 9.88. The zero-order valence-corrected chi connectivity index (χ0v) is 16.5. The van der Waals surface area contributed by atoms with Gasteiger partial charge in [0.1, 0.15) is 17.3 Å². The van der Waals surface area contributed by atoms with Crippen molar-refractivity contribution in [2.24, 2.45) is 0 Å². The molecule has 32 heavy (non-hydrogen) atoms. The molecule has 6 rings (SSSR count). The minimum atomic E-state index is -0.578. The molecule has 0 spiro atoms. The Balaban J connectivity index is 1.51. The van der Waals surface area contributed by atoms with E-state index in [1.165, 1.54) is 10.8 Å². The number of hydrogen-bond donors (Lipinski definition) is 0. The normalized spacial score (nSPS) is 13.7. The van der Waals surface area contributed by atoms with Gasteiger partial charge in [0.2, 0.25) is 6.79 Å². The molecule has 152 valence electrons. The molecule has 0 atom stereocenters. The molecule has 0 N–H and O–H groups in total. The number of fused-ring (bicyclic) bond motifs is 3. The fourth-order valence-electron chi connectivity index (χ4n) is 4.16. The molecule has 0 radical (unpaired) electrons. The molecule has 1 aliphatic heterocycles. The van der Waals surface area contributed by atoms with Crippen molar-refractivity contribution >= 4 is 28.7 Å². The maximum atomic E-state index is 13.4. The maximum Gasteiger partial charge on any atom is 0.289 e. The Kier molecular flexibility index (Phi) is 3.76. The highest BCUT2D eigenvalue weighted by Gasteiger charge is 2.30. The lowest BCUT2D eigenvalue weighted by molar-refractivity contribution is 0.0951. The summed E-state index contributed by atoms with van der Waals surface area (Å²) in [6.07, 6.45) is 1.49. The maximum absolute atomic E-state index is 13.4. The van der Waals surface area contributed by atoms with E-state index in [0.29, 0.717) is 50.3 Å². The second-order valence-electron chi connectivity index (χ2n) is 7.42. The van der Waals surface area contributed by atoms with Crippen molar-refractivity contribution in [2.75, 3.05) is 6.79 Å². The number of benzene rings is 3. The van der Waals surface area contributed by atoms with Crippen LogP contribution in [-0.2, 0) is 0 Å². The summed E-state index contributed by atoms with van der Waals surface area (Å²) in [5.41, 5.74) is 3.28. The van der Waals surface area contributed by atoms with Gasteiger partial charge in [-0.25, -0.2) is 0 Å². The zero-order chi connectivity index (χ0) is 21.8. The van der Waals surface area contributed by atoms with Crippen molar-refractivity contribution in [3.8, 4) is 28.8 Å². The molecule has 3 aromatic carbocycles. The summed E-state index contributed by atoms with van der Waals surface area (Å²) >= 11 is 0. The first-order valence-electron chi connectivity index (χ1n) is 9.88. The predicted molar refractivity (Wildman–Crippen MR) is 115 cm³/mol. The highest BCUT2D eigenvalue weighted by Crippen LogP contribution is 2.39. The highest BCUT2D eigenvalue weighted by molar-refractivity contribution is 6.26. The van der Waals surface area contributed by atoms with E-state index in [0.717, 1.165) is 0 Å². The number of nitrogens with zero attached hydrogens (tertiary/aromatic N) is 3. The van der Waals surface area contributed by atoms with E-state index < -0.39 is 5.91 Å². The molecular weight excluding hydrogens is 406 g/mol. The Morgan fingerprint density at radius 2 is 1.78 bits per heavy atom. The molecular formula is C25H13N3O4. The Morgan fingerprint density at radius 3 is 2.62 bits per heavy atom. The Labute approximate surface area is 181 Å². The lowest BCUT2D eigenvalue weighted by Crippen LogP contribution is -2.14. The third-order valence-electron chi connectivity index (χ3n) is 5.63. The quantitative estimate of drug-likeness (QED) is 0.314. The molecule has 4 aromatic rings. The average Bonchev–Trinajstić information content (AvgIpc) is 3.45. The van der Waals surface area contributed by atoms with Crippen LogP contribution in [0, 0.1) is 11.3 Å². The van der Waals surface area contributed by atoms with Crippen LogP contribution in [0.25, 0.3) is 28.2 Å². The van der Waals surface area contributed by atoms with Crippen molar-refractivity contribution in [2.45, 2.75) is 0 Å². The molecule has 0 fully saturated rings. The second-order valence-corrected chi connectivity index (χ2v) is 7.42. The minimum absolute atomic E-state index is 0.0934. The van der Waals surface area contributed by atoms with Crippen molar-refractivity contribution < 1.29 is 19.1 Å². The van der Waals surface area contributed by atoms with Crippen LogP contribution in [0.2, 0.25) is 0 Å². The Hall–Kier alpha value is -4.70. The number of allylic oxidation sites excluding steroid dienone is 1. The van der Waals surface area contributed by atoms with Crippen molar-refractivity contribution in [3.63, 3.8) is 0 Å². The number of nitriles is 1. The first kappa shape index (κ1) is 18.1. The number of ether oxygens (including phenoxy) is 2. The van der Waals surface area contributed by atoms with E-state index in [1.54, 1.807) is 48.5 Å². The molecule has 0 unspecified atom stereocenters. The summed E-state index contributed by atoms with van der Waals surface area (Å²) in [7, 11) is 0. The van der Waals surface area contributed by atoms with Gasteiger partial charge in [0.05, 0.1) is 5.52 Å². The predicted octanol–water partition coefficient (Wildman–Crippen LogP) is 4.22. The minimum Gasteiger partial charge on any atom is -0.454 e. The molecule has 1 aromatic heterocycles. The van der Waals surface area contributed by atoms with Gasteiger partial charge in [0.25, 0.3) is 5.91 Å². The van der Waals surface area contributed by atoms with Gasteiger partial charge in [-0.3, -0.25) is 9.59 Å². The summed E-state index contributed by atoms with van der Waals surface area (Å²) in [6, 6.07) is 19.5. The van der Waals surface area contributed by atoms with Crippen molar-refractivity contribution in [1.29, 1.82) is 5.26 Å². The lowest BCUT2D eigenvalue weighted by atomic mass is 9.87. The van der Waals surface area contributed by atoms with Gasteiger partial charge in [-0.05, 0) is 29.8 Å². The second kappa shape index (κ2) is 6.65. The Morgan fingerprint density at radius 1 is 1.00 bits per heavy atom. The average molecular weight is 419 g/mol. The molecule has 0 amide bonds. The largest absolute Gasteiger partial charge is 0.454 e. The Bertz CT molecular complexity index is 1560. The van der Waals surface area contributed by atoms with Crippen LogP contribution in [-0.4, -0.2) is 28.3 Å². The number of carbonyl (C=O) groups is 2. The SMILES string of the molecule is N#C/C(=C/c1ccc2c(c1)OCO2)C(=O)n1nc2c3c(cccc31)C(=O)c1ccccc1-2. The van der Waals surface area contributed by atoms with Crippen LogP contribution in [0.5, 0.6) is 11.5 Å². The van der Waals surface area contributed by atoms with Gasteiger partial charge < -0.3 is 9.47 Å². The molecule has 7 nitrogen and oxygen atoms in total. The van der Waals surface area contributed by atoms with Crippen LogP contribution < -0.4 is 9.47 Å². The number of hydrogen-bond acceptors (Lipinski definition) is 6. The summed E-state index contributed by atoms with van der Waals surface area (Å²) in [6.45, 7) is 0.136. The smallest absolute Gasteiger partial charge is 0.289 e. The zero-order valence-electron chi connectivity index (χ0n) is 16.5. The number of rotatable bonds is 2. The van der Waals surface area contributed by atoms with E-state index in [4.69, 9.17) is 9.47 Å². The van der Waals surface area contributed by atoms with Crippen LogP contribution in [0.3, 0.4) is 0 Å². The van der Waals surface area contributed by atoms with Gasteiger partial charge in [0.15, 0.2) is 17.3 Å². The van der Waals surface area contributed by atoms with Gasteiger partial charge in [0, 0.05) is 22.1 Å². The molecule has 0 bridgehead atoms. The third-order valence-corrected chi connectivity index (χ3v) is 5.63.